The summed E-state index contributed by atoms with van der Waals surface area (Å²) in [6.45, 7) is 9.14. The third kappa shape index (κ3) is 3.89. The minimum atomic E-state index is 0.984. The number of hydrogen-bond acceptors (Lipinski definition) is 3. The topological polar surface area (TPSA) is 21.1 Å². The first-order chi connectivity index (χ1) is 10.7. The number of aromatic nitrogens is 2. The van der Waals surface area contributed by atoms with E-state index in [0.29, 0.717) is 0 Å². The summed E-state index contributed by atoms with van der Waals surface area (Å²) in [5.74, 6) is 0.993. The summed E-state index contributed by atoms with van der Waals surface area (Å²) < 4.78 is 2.11. The van der Waals surface area contributed by atoms with Gasteiger partial charge >= 0.3 is 0 Å². The Morgan fingerprint density at radius 3 is 2.91 bits per heavy atom. The van der Waals surface area contributed by atoms with Crippen LogP contribution in [0.25, 0.3) is 11.3 Å². The van der Waals surface area contributed by atoms with Crippen LogP contribution in [-0.2, 0) is 7.05 Å². The van der Waals surface area contributed by atoms with Crippen molar-refractivity contribution in [2.24, 2.45) is 7.05 Å². The zero-order chi connectivity index (χ0) is 15.9. The van der Waals surface area contributed by atoms with Crippen LogP contribution in [0.2, 0.25) is 0 Å². The average molecular weight is 315 g/mol. The molecule has 0 fully saturated rings. The van der Waals surface area contributed by atoms with Gasteiger partial charge in [-0.1, -0.05) is 32.4 Å². The van der Waals surface area contributed by atoms with Crippen LogP contribution in [0.5, 0.6) is 0 Å². The highest BCUT2D eigenvalue weighted by Gasteiger charge is 2.15. The lowest BCUT2D eigenvalue weighted by atomic mass is 10.2. The van der Waals surface area contributed by atoms with Gasteiger partial charge in [0.05, 0.1) is 5.69 Å². The maximum Gasteiger partial charge on any atom is 0.210 e. The molecule has 0 aliphatic heterocycles. The fourth-order valence-corrected chi connectivity index (χ4v) is 3.12. The molecule has 0 unspecified atom stereocenters. The number of hydrogen-bond donors (Lipinski definition) is 0. The molecule has 0 aliphatic carbocycles. The lowest BCUT2D eigenvalue weighted by Crippen LogP contribution is -2.25. The number of nitrogens with zero attached hydrogens (tertiary/aromatic N) is 3. The van der Waals surface area contributed by atoms with E-state index in [4.69, 9.17) is 4.98 Å². The van der Waals surface area contributed by atoms with E-state index in [-0.39, 0.29) is 0 Å². The molecule has 4 heteroatoms. The smallest absolute Gasteiger partial charge is 0.210 e. The Hall–Kier alpha value is -1.81. The number of unbranched alkanes of at least 4 members (excludes halogenated alkanes) is 2. The molecule has 2 aromatic heterocycles. The Morgan fingerprint density at radius 1 is 1.45 bits per heavy atom. The Bertz CT molecular complexity index is 623. The second kappa shape index (κ2) is 7.99. The molecule has 0 radical (unpaired) electrons. The summed E-state index contributed by atoms with van der Waals surface area (Å²) in [4.78, 5) is 7.14. The van der Waals surface area contributed by atoms with Crippen molar-refractivity contribution in [3.63, 3.8) is 0 Å². The van der Waals surface area contributed by atoms with Crippen LogP contribution in [0.15, 0.2) is 47.5 Å². The molecule has 0 saturated carbocycles. The predicted octanol–water partition coefficient (Wildman–Crippen LogP) is 5.24. The van der Waals surface area contributed by atoms with Crippen LogP contribution in [-0.4, -0.2) is 16.1 Å². The molecule has 0 aliphatic rings. The van der Waals surface area contributed by atoms with E-state index in [1.54, 1.807) is 11.3 Å². The first-order valence-corrected chi connectivity index (χ1v) is 8.74. The van der Waals surface area contributed by atoms with Gasteiger partial charge in [0.1, 0.15) is 0 Å². The van der Waals surface area contributed by atoms with Crippen LogP contribution in [0.1, 0.15) is 33.1 Å². The average Bonchev–Trinajstić information content (AvgIpc) is 3.13. The zero-order valence-electron chi connectivity index (χ0n) is 13.7. The van der Waals surface area contributed by atoms with Crippen molar-refractivity contribution in [2.75, 3.05) is 11.4 Å². The molecule has 2 aromatic rings. The van der Waals surface area contributed by atoms with Crippen molar-refractivity contribution < 1.29 is 0 Å². The molecular formula is C18H25N3S. The highest BCUT2D eigenvalue weighted by Crippen LogP contribution is 2.26. The van der Waals surface area contributed by atoms with Crippen LogP contribution in [0.4, 0.5) is 5.95 Å². The van der Waals surface area contributed by atoms with E-state index in [9.17, 15) is 0 Å². The SMILES string of the molecule is C=C/C=C(/C)N(CCCCC)c1nc(-c2ccsc2)cn1C. The molecule has 2 rings (SSSR count). The second-order valence-corrected chi connectivity index (χ2v) is 6.23. The van der Waals surface area contributed by atoms with E-state index in [1.165, 1.54) is 30.5 Å². The van der Waals surface area contributed by atoms with Gasteiger partial charge in [0, 0.05) is 36.4 Å². The minimum absolute atomic E-state index is 0.984. The summed E-state index contributed by atoms with van der Waals surface area (Å²) in [6, 6.07) is 2.12. The van der Waals surface area contributed by atoms with Crippen LogP contribution >= 0.6 is 11.3 Å². The number of imidazole rings is 1. The largest absolute Gasteiger partial charge is 0.319 e. The maximum absolute atomic E-state index is 4.86. The van der Waals surface area contributed by atoms with Crippen molar-refractivity contribution in [3.05, 3.63) is 47.5 Å². The zero-order valence-corrected chi connectivity index (χ0v) is 14.6. The molecule has 0 spiro atoms. The Balaban J connectivity index is 2.30. The van der Waals surface area contributed by atoms with E-state index in [2.05, 4.69) is 60.0 Å². The van der Waals surface area contributed by atoms with Crippen molar-refractivity contribution in [2.45, 2.75) is 33.1 Å². The fourth-order valence-electron chi connectivity index (χ4n) is 2.47. The third-order valence-electron chi connectivity index (χ3n) is 3.68. The minimum Gasteiger partial charge on any atom is -0.319 e. The van der Waals surface area contributed by atoms with Gasteiger partial charge in [-0.15, -0.1) is 0 Å². The van der Waals surface area contributed by atoms with E-state index >= 15 is 0 Å². The van der Waals surface area contributed by atoms with Crippen LogP contribution in [0.3, 0.4) is 0 Å². The molecule has 0 amide bonds. The lowest BCUT2D eigenvalue weighted by Gasteiger charge is -2.24. The lowest BCUT2D eigenvalue weighted by molar-refractivity contribution is 0.688. The first-order valence-electron chi connectivity index (χ1n) is 7.80. The number of aryl methyl sites for hydroxylation is 1. The summed E-state index contributed by atoms with van der Waals surface area (Å²) in [5, 5.41) is 4.23. The summed E-state index contributed by atoms with van der Waals surface area (Å²) in [5.41, 5.74) is 3.40. The Morgan fingerprint density at radius 2 is 2.27 bits per heavy atom. The standard InChI is InChI=1S/C18H25N3S/c1-5-7-8-11-21(15(3)9-6-2)18-19-17(13-20(18)4)16-10-12-22-14-16/h6,9-10,12-14H,2,5,7-8,11H2,1,3-4H3/b15-9-. The van der Waals surface area contributed by atoms with Gasteiger partial charge in [-0.05, 0) is 30.9 Å². The van der Waals surface area contributed by atoms with Gasteiger partial charge in [0.15, 0.2) is 0 Å². The Kier molecular flexibility index (Phi) is 6.01. The quantitative estimate of drug-likeness (QED) is 0.491. The normalized spacial score (nSPS) is 11.7. The van der Waals surface area contributed by atoms with Gasteiger partial charge in [0.25, 0.3) is 0 Å². The van der Waals surface area contributed by atoms with Crippen molar-refractivity contribution in [1.82, 2.24) is 9.55 Å². The fraction of sp³-hybridized carbons (Fsp3) is 0.389. The van der Waals surface area contributed by atoms with Crippen molar-refractivity contribution in [3.8, 4) is 11.3 Å². The molecule has 0 saturated heterocycles. The highest BCUT2D eigenvalue weighted by molar-refractivity contribution is 7.08. The van der Waals surface area contributed by atoms with Gasteiger partial charge < -0.3 is 9.47 Å². The monoisotopic (exact) mass is 315 g/mol. The maximum atomic E-state index is 4.86. The summed E-state index contributed by atoms with van der Waals surface area (Å²) in [6.07, 6.45) is 9.61. The van der Waals surface area contributed by atoms with Crippen LogP contribution in [0, 0.1) is 0 Å². The molecule has 0 atom stereocenters. The van der Waals surface area contributed by atoms with Gasteiger partial charge in [-0.2, -0.15) is 11.3 Å². The summed E-state index contributed by atoms with van der Waals surface area (Å²) in [7, 11) is 2.06. The van der Waals surface area contributed by atoms with Crippen LogP contribution < -0.4 is 4.90 Å². The summed E-state index contributed by atoms with van der Waals surface area (Å²) >= 11 is 1.70. The van der Waals surface area contributed by atoms with E-state index < -0.39 is 0 Å². The molecule has 2 heterocycles. The molecular weight excluding hydrogens is 290 g/mol. The van der Waals surface area contributed by atoms with Crippen molar-refractivity contribution in [1.29, 1.82) is 0 Å². The van der Waals surface area contributed by atoms with Gasteiger partial charge in [-0.25, -0.2) is 4.98 Å². The molecule has 0 N–H and O–H groups in total. The first kappa shape index (κ1) is 16.6. The highest BCUT2D eigenvalue weighted by atomic mass is 32.1. The molecule has 0 aromatic carbocycles. The van der Waals surface area contributed by atoms with E-state index in [1.807, 2.05) is 12.2 Å². The molecule has 0 bridgehead atoms. The second-order valence-electron chi connectivity index (χ2n) is 5.45. The predicted molar refractivity (Wildman–Crippen MR) is 97.3 cm³/mol. The van der Waals surface area contributed by atoms with E-state index in [0.717, 1.165) is 18.2 Å². The molecule has 118 valence electrons. The number of anilines is 1. The third-order valence-corrected chi connectivity index (χ3v) is 4.36. The molecule has 22 heavy (non-hydrogen) atoms. The number of thiophene rings is 1. The van der Waals surface area contributed by atoms with Gasteiger partial charge in [-0.3, -0.25) is 0 Å². The van der Waals surface area contributed by atoms with Gasteiger partial charge in [0.2, 0.25) is 5.95 Å². The number of rotatable bonds is 8. The number of allylic oxidation sites excluding steroid dienone is 3. The van der Waals surface area contributed by atoms with Crippen molar-refractivity contribution >= 4 is 17.3 Å². The molecule has 3 nitrogen and oxygen atoms in total. The Labute approximate surface area is 137 Å².